The van der Waals surface area contributed by atoms with Gasteiger partial charge in [-0.2, -0.15) is 25.5 Å². The summed E-state index contributed by atoms with van der Waals surface area (Å²) in [4.78, 5) is 9.67. The molecule has 0 aliphatic rings. The van der Waals surface area contributed by atoms with Crippen molar-refractivity contribution in [1.29, 1.82) is 5.26 Å². The summed E-state index contributed by atoms with van der Waals surface area (Å²) < 4.78 is 0. The van der Waals surface area contributed by atoms with Crippen molar-refractivity contribution >= 4 is 17.0 Å². The van der Waals surface area contributed by atoms with E-state index in [1.165, 1.54) is 0 Å². The first kappa shape index (κ1) is 8.37. The van der Waals surface area contributed by atoms with E-state index in [1.54, 1.807) is 4.90 Å². The highest BCUT2D eigenvalue weighted by Crippen LogP contribution is 2.17. The molecule has 2 aromatic rings. The fourth-order valence-electron chi connectivity index (χ4n) is 1.09. The summed E-state index contributed by atoms with van der Waals surface area (Å²) in [5.41, 5.74) is 0.967. The maximum absolute atomic E-state index is 8.69. The third kappa shape index (κ3) is 1.13. The minimum atomic E-state index is 0.0927. The molecule has 2 aromatic heterocycles. The Kier molecular flexibility index (Phi) is 1.74. The molecule has 14 heavy (non-hydrogen) atoms. The van der Waals surface area contributed by atoms with Gasteiger partial charge in [0.2, 0.25) is 11.5 Å². The molecule has 70 valence electrons. The van der Waals surface area contributed by atoms with E-state index in [-0.39, 0.29) is 5.82 Å². The van der Waals surface area contributed by atoms with Gasteiger partial charge in [0.15, 0.2) is 11.3 Å². The van der Waals surface area contributed by atoms with Crippen molar-refractivity contribution in [2.45, 2.75) is 0 Å². The molecule has 0 atom stereocenters. The molecule has 0 saturated carbocycles. The Morgan fingerprint density at radius 2 is 2.07 bits per heavy atom. The molecule has 0 aromatic carbocycles. The molecule has 0 unspecified atom stereocenters. The van der Waals surface area contributed by atoms with Gasteiger partial charge in [-0.3, -0.25) is 0 Å². The van der Waals surface area contributed by atoms with Crippen LogP contribution in [0.4, 0.5) is 5.82 Å². The number of aromatic nitrogens is 5. The number of hydrogen-bond acceptors (Lipinski definition) is 6. The zero-order valence-electron chi connectivity index (χ0n) is 7.68. The van der Waals surface area contributed by atoms with Crippen molar-refractivity contribution in [2.24, 2.45) is 0 Å². The summed E-state index contributed by atoms with van der Waals surface area (Å²) in [5.74, 6) is 0.676. The smallest absolute Gasteiger partial charge is 0.236 e. The standard InChI is InChI=1S/C7H7N7/c1-14(2)7-5-6(12-13-11-5)9-4(3-8)10-7/h1-2H3,(H,9,10,11,12,13). The summed E-state index contributed by atoms with van der Waals surface area (Å²) in [6, 6.07) is 1.87. The Morgan fingerprint density at radius 3 is 2.71 bits per heavy atom. The third-order valence-electron chi connectivity index (χ3n) is 1.69. The van der Waals surface area contributed by atoms with E-state index in [0.29, 0.717) is 17.0 Å². The van der Waals surface area contributed by atoms with Crippen LogP contribution in [0.25, 0.3) is 11.2 Å². The van der Waals surface area contributed by atoms with Crippen LogP contribution in [0, 0.1) is 11.3 Å². The second-order valence-electron chi connectivity index (χ2n) is 2.87. The topological polar surface area (TPSA) is 94.4 Å². The van der Waals surface area contributed by atoms with Gasteiger partial charge in [-0.15, -0.1) is 5.10 Å². The van der Waals surface area contributed by atoms with Gasteiger partial charge in [-0.05, 0) is 0 Å². The highest BCUT2D eigenvalue weighted by Gasteiger charge is 2.12. The lowest BCUT2D eigenvalue weighted by Crippen LogP contribution is -2.12. The average molecular weight is 189 g/mol. The molecular weight excluding hydrogens is 182 g/mol. The predicted molar refractivity (Wildman–Crippen MR) is 48.5 cm³/mol. The predicted octanol–water partition coefficient (Wildman–Crippen LogP) is -0.314. The summed E-state index contributed by atoms with van der Waals surface area (Å²) in [6.45, 7) is 0. The first-order valence-electron chi connectivity index (χ1n) is 3.88. The van der Waals surface area contributed by atoms with E-state index in [4.69, 9.17) is 5.26 Å². The Labute approximate surface area is 79.4 Å². The second kappa shape index (κ2) is 2.92. The fourth-order valence-corrected chi connectivity index (χ4v) is 1.09. The lowest BCUT2D eigenvalue weighted by Gasteiger charge is -2.10. The van der Waals surface area contributed by atoms with Gasteiger partial charge in [0.25, 0.3) is 0 Å². The fraction of sp³-hybridized carbons (Fsp3) is 0.286. The highest BCUT2D eigenvalue weighted by molar-refractivity contribution is 5.82. The van der Waals surface area contributed by atoms with Crippen LogP contribution in [0.2, 0.25) is 0 Å². The van der Waals surface area contributed by atoms with Gasteiger partial charge >= 0.3 is 0 Å². The molecule has 0 bridgehead atoms. The lowest BCUT2D eigenvalue weighted by molar-refractivity contribution is 0.953. The van der Waals surface area contributed by atoms with Gasteiger partial charge in [0, 0.05) is 14.1 Å². The van der Waals surface area contributed by atoms with Crippen LogP contribution in [-0.2, 0) is 0 Å². The van der Waals surface area contributed by atoms with Crippen LogP contribution in [0.15, 0.2) is 0 Å². The minimum Gasteiger partial charge on any atom is -0.361 e. The Bertz CT molecular complexity index is 506. The molecule has 2 heterocycles. The molecule has 7 heteroatoms. The number of H-pyrrole nitrogens is 1. The molecule has 0 radical (unpaired) electrons. The molecule has 0 aliphatic carbocycles. The van der Waals surface area contributed by atoms with E-state index in [0.717, 1.165) is 0 Å². The van der Waals surface area contributed by atoms with Crippen molar-refractivity contribution in [2.75, 3.05) is 19.0 Å². The first-order valence-corrected chi connectivity index (χ1v) is 3.88. The van der Waals surface area contributed by atoms with Gasteiger partial charge < -0.3 is 4.90 Å². The number of nitrogens with zero attached hydrogens (tertiary/aromatic N) is 6. The number of aromatic amines is 1. The van der Waals surface area contributed by atoms with Crippen molar-refractivity contribution in [3.63, 3.8) is 0 Å². The SMILES string of the molecule is CN(C)c1nc(C#N)nc2n[nH]nc12. The van der Waals surface area contributed by atoms with Crippen LogP contribution >= 0.6 is 0 Å². The van der Waals surface area contributed by atoms with Gasteiger partial charge in [0.1, 0.15) is 6.07 Å². The van der Waals surface area contributed by atoms with E-state index >= 15 is 0 Å². The Hall–Kier alpha value is -2.23. The van der Waals surface area contributed by atoms with Crippen LogP contribution < -0.4 is 4.90 Å². The lowest BCUT2D eigenvalue weighted by atomic mass is 10.4. The zero-order valence-corrected chi connectivity index (χ0v) is 7.68. The number of rotatable bonds is 1. The quantitative estimate of drug-likeness (QED) is 0.661. The van der Waals surface area contributed by atoms with Crippen LogP contribution in [0.1, 0.15) is 5.82 Å². The second-order valence-corrected chi connectivity index (χ2v) is 2.87. The Morgan fingerprint density at radius 1 is 1.29 bits per heavy atom. The van der Waals surface area contributed by atoms with E-state index in [2.05, 4.69) is 25.4 Å². The van der Waals surface area contributed by atoms with E-state index in [1.807, 2.05) is 20.2 Å². The van der Waals surface area contributed by atoms with Crippen molar-refractivity contribution in [3.8, 4) is 6.07 Å². The van der Waals surface area contributed by atoms with Crippen molar-refractivity contribution in [1.82, 2.24) is 25.4 Å². The molecule has 0 fully saturated rings. The summed E-state index contributed by atoms with van der Waals surface area (Å²) in [5, 5.41) is 18.8. The Balaban J connectivity index is 2.78. The van der Waals surface area contributed by atoms with E-state index in [9.17, 15) is 0 Å². The van der Waals surface area contributed by atoms with Crippen LogP contribution in [0.3, 0.4) is 0 Å². The largest absolute Gasteiger partial charge is 0.361 e. The molecule has 1 N–H and O–H groups in total. The molecule has 0 aliphatic heterocycles. The molecule has 7 nitrogen and oxygen atoms in total. The average Bonchev–Trinajstić information content (AvgIpc) is 2.63. The normalized spacial score (nSPS) is 10.1. The number of nitrogens with one attached hydrogen (secondary N) is 1. The summed E-state index contributed by atoms with van der Waals surface area (Å²) in [7, 11) is 3.63. The number of hydrogen-bond donors (Lipinski definition) is 1. The molecule has 0 saturated heterocycles. The zero-order chi connectivity index (χ0) is 10.1. The molecule has 0 spiro atoms. The van der Waals surface area contributed by atoms with E-state index < -0.39 is 0 Å². The first-order chi connectivity index (χ1) is 6.72. The number of anilines is 1. The van der Waals surface area contributed by atoms with Crippen molar-refractivity contribution in [3.05, 3.63) is 5.82 Å². The van der Waals surface area contributed by atoms with Crippen LogP contribution in [-0.4, -0.2) is 39.5 Å². The number of nitriles is 1. The summed E-state index contributed by atoms with van der Waals surface area (Å²) >= 11 is 0. The van der Waals surface area contributed by atoms with Gasteiger partial charge in [-0.1, -0.05) is 0 Å². The third-order valence-corrected chi connectivity index (χ3v) is 1.69. The summed E-state index contributed by atoms with van der Waals surface area (Å²) in [6.07, 6.45) is 0. The maximum atomic E-state index is 8.69. The maximum Gasteiger partial charge on any atom is 0.236 e. The van der Waals surface area contributed by atoms with Gasteiger partial charge in [-0.25, -0.2) is 0 Å². The molecule has 2 rings (SSSR count). The van der Waals surface area contributed by atoms with Crippen LogP contribution in [0.5, 0.6) is 0 Å². The monoisotopic (exact) mass is 189 g/mol. The highest BCUT2D eigenvalue weighted by atomic mass is 15.4. The molecule has 0 amide bonds. The van der Waals surface area contributed by atoms with Crippen molar-refractivity contribution < 1.29 is 0 Å². The number of fused-ring (bicyclic) bond motifs is 1. The minimum absolute atomic E-state index is 0.0927. The molecular formula is C7H7N7. The van der Waals surface area contributed by atoms with Gasteiger partial charge in [0.05, 0.1) is 0 Å².